The Morgan fingerprint density at radius 2 is 1.86 bits per heavy atom. The lowest BCUT2D eigenvalue weighted by atomic mass is 10.2. The largest absolute Gasteiger partial charge is 0.459 e. The van der Waals surface area contributed by atoms with Crippen LogP contribution in [-0.4, -0.2) is 47.0 Å². The molecule has 0 saturated carbocycles. The molecule has 3 heterocycles. The number of piperazine rings is 1. The number of rotatable bonds is 4. The minimum atomic E-state index is -0.0754. The highest BCUT2D eigenvalue weighted by Crippen LogP contribution is 2.21. The van der Waals surface area contributed by atoms with Gasteiger partial charge in [-0.2, -0.15) is 4.98 Å². The van der Waals surface area contributed by atoms with Crippen LogP contribution in [0.3, 0.4) is 0 Å². The summed E-state index contributed by atoms with van der Waals surface area (Å²) < 4.78 is 5.21. The van der Waals surface area contributed by atoms with E-state index >= 15 is 0 Å². The number of nitrogens with one attached hydrogen (secondary N) is 1. The average molecular weight is 398 g/mol. The maximum absolute atomic E-state index is 12.4. The number of carbonyl (C=O) groups is 1. The average Bonchev–Trinajstić information content (AvgIpc) is 3.24. The normalized spacial score (nSPS) is 14.2. The Balaban J connectivity index is 1.44. The number of hydrogen-bond acceptors (Lipinski definition) is 6. The van der Waals surface area contributed by atoms with Crippen LogP contribution in [0.15, 0.2) is 53.1 Å². The van der Waals surface area contributed by atoms with Gasteiger partial charge in [-0.3, -0.25) is 4.79 Å². The van der Waals surface area contributed by atoms with Crippen molar-refractivity contribution < 1.29 is 9.21 Å². The number of hydrogen-bond donors (Lipinski definition) is 1. The standard InChI is InChI=1S/C20H20ClN5O2/c1-14-13-18(24-20(22-14)23-16-6-4-15(21)5-7-16)25-8-10-26(11-9-25)19(27)17-3-2-12-28-17/h2-7,12-13H,8-11H2,1H3,(H,22,23,24). The van der Waals surface area contributed by atoms with Crippen LogP contribution in [0, 0.1) is 6.92 Å². The molecule has 8 heteroatoms. The second kappa shape index (κ2) is 7.90. The van der Waals surface area contributed by atoms with E-state index in [-0.39, 0.29) is 5.91 Å². The van der Waals surface area contributed by atoms with Crippen LogP contribution in [0.2, 0.25) is 5.02 Å². The molecule has 144 valence electrons. The summed E-state index contributed by atoms with van der Waals surface area (Å²) in [5.74, 6) is 1.68. The molecule has 3 aromatic rings. The molecule has 0 atom stereocenters. The maximum Gasteiger partial charge on any atom is 0.289 e. The Morgan fingerprint density at radius 3 is 2.54 bits per heavy atom. The number of furan rings is 1. The molecule has 1 fully saturated rings. The van der Waals surface area contributed by atoms with Crippen LogP contribution in [0.5, 0.6) is 0 Å². The molecule has 1 aliphatic rings. The first-order valence-electron chi connectivity index (χ1n) is 9.04. The predicted molar refractivity (Wildman–Crippen MR) is 108 cm³/mol. The van der Waals surface area contributed by atoms with Crippen molar-refractivity contribution in [2.75, 3.05) is 36.4 Å². The molecule has 0 bridgehead atoms. The van der Waals surface area contributed by atoms with Crippen molar-refractivity contribution in [3.05, 3.63) is 65.2 Å². The number of carbonyl (C=O) groups excluding carboxylic acids is 1. The van der Waals surface area contributed by atoms with E-state index in [0.717, 1.165) is 17.2 Å². The van der Waals surface area contributed by atoms with E-state index in [1.165, 1.54) is 6.26 Å². The van der Waals surface area contributed by atoms with Gasteiger partial charge >= 0.3 is 0 Å². The summed E-state index contributed by atoms with van der Waals surface area (Å²) in [4.78, 5) is 25.5. The number of anilines is 3. The molecule has 1 aliphatic heterocycles. The molecule has 1 amide bonds. The molecule has 1 aromatic carbocycles. The second-order valence-electron chi connectivity index (χ2n) is 6.58. The zero-order chi connectivity index (χ0) is 19.5. The van der Waals surface area contributed by atoms with Crippen molar-refractivity contribution >= 4 is 35.0 Å². The minimum Gasteiger partial charge on any atom is -0.459 e. The van der Waals surface area contributed by atoms with Crippen molar-refractivity contribution in [2.24, 2.45) is 0 Å². The number of nitrogens with zero attached hydrogens (tertiary/aromatic N) is 4. The van der Waals surface area contributed by atoms with E-state index in [2.05, 4.69) is 20.2 Å². The van der Waals surface area contributed by atoms with Gasteiger partial charge in [0.2, 0.25) is 5.95 Å². The smallest absolute Gasteiger partial charge is 0.289 e. The third-order valence-electron chi connectivity index (χ3n) is 4.56. The molecule has 1 saturated heterocycles. The lowest BCUT2D eigenvalue weighted by Crippen LogP contribution is -2.49. The van der Waals surface area contributed by atoms with Crippen molar-refractivity contribution in [3.63, 3.8) is 0 Å². The van der Waals surface area contributed by atoms with Crippen molar-refractivity contribution in [1.82, 2.24) is 14.9 Å². The molecule has 0 spiro atoms. The molecule has 0 aliphatic carbocycles. The molecule has 0 radical (unpaired) electrons. The highest BCUT2D eigenvalue weighted by Gasteiger charge is 2.24. The number of amides is 1. The van der Waals surface area contributed by atoms with Crippen LogP contribution >= 0.6 is 11.6 Å². The Bertz CT molecular complexity index is 951. The molecule has 7 nitrogen and oxygen atoms in total. The predicted octanol–water partition coefficient (Wildman–Crippen LogP) is 3.74. The Hall–Kier alpha value is -3.06. The summed E-state index contributed by atoms with van der Waals surface area (Å²) in [6.07, 6.45) is 1.52. The van der Waals surface area contributed by atoms with E-state index < -0.39 is 0 Å². The van der Waals surface area contributed by atoms with E-state index in [9.17, 15) is 4.79 Å². The summed E-state index contributed by atoms with van der Waals surface area (Å²) >= 11 is 5.93. The molecule has 0 unspecified atom stereocenters. The first-order valence-corrected chi connectivity index (χ1v) is 9.42. The third kappa shape index (κ3) is 4.09. The van der Waals surface area contributed by atoms with Crippen molar-refractivity contribution in [2.45, 2.75) is 6.92 Å². The first-order chi connectivity index (χ1) is 13.6. The first kappa shape index (κ1) is 18.3. The van der Waals surface area contributed by atoms with E-state index in [0.29, 0.717) is 42.9 Å². The summed E-state index contributed by atoms with van der Waals surface area (Å²) in [7, 11) is 0. The quantitative estimate of drug-likeness (QED) is 0.722. The highest BCUT2D eigenvalue weighted by atomic mass is 35.5. The monoisotopic (exact) mass is 397 g/mol. The Morgan fingerprint density at radius 1 is 1.11 bits per heavy atom. The fourth-order valence-corrected chi connectivity index (χ4v) is 3.25. The van der Waals surface area contributed by atoms with Gasteiger partial charge in [0.1, 0.15) is 5.82 Å². The van der Waals surface area contributed by atoms with Gasteiger partial charge in [-0.1, -0.05) is 11.6 Å². The van der Waals surface area contributed by atoms with Gasteiger partial charge in [0, 0.05) is 48.6 Å². The molecule has 28 heavy (non-hydrogen) atoms. The van der Waals surface area contributed by atoms with Crippen LogP contribution < -0.4 is 10.2 Å². The van der Waals surface area contributed by atoms with E-state index in [1.807, 2.05) is 37.3 Å². The van der Waals surface area contributed by atoms with Crippen molar-refractivity contribution in [3.8, 4) is 0 Å². The summed E-state index contributed by atoms with van der Waals surface area (Å²) in [5.41, 5.74) is 1.74. The van der Waals surface area contributed by atoms with Crippen LogP contribution in [-0.2, 0) is 0 Å². The van der Waals surface area contributed by atoms with Gasteiger partial charge in [-0.05, 0) is 43.3 Å². The number of halogens is 1. The van der Waals surface area contributed by atoms with Gasteiger partial charge < -0.3 is 19.5 Å². The molecular weight excluding hydrogens is 378 g/mol. The molecule has 1 N–H and O–H groups in total. The Labute approximate surface area is 167 Å². The van der Waals surface area contributed by atoms with E-state index in [1.54, 1.807) is 17.0 Å². The van der Waals surface area contributed by atoms with Gasteiger partial charge in [-0.15, -0.1) is 0 Å². The Kier molecular flexibility index (Phi) is 5.16. The topological polar surface area (TPSA) is 74.5 Å². The SMILES string of the molecule is Cc1cc(N2CCN(C(=O)c3ccco3)CC2)nc(Nc2ccc(Cl)cc2)n1. The van der Waals surface area contributed by atoms with Gasteiger partial charge in [0.05, 0.1) is 6.26 Å². The lowest BCUT2D eigenvalue weighted by Gasteiger charge is -2.35. The lowest BCUT2D eigenvalue weighted by molar-refractivity contribution is 0.0714. The third-order valence-corrected chi connectivity index (χ3v) is 4.82. The number of benzene rings is 1. The highest BCUT2D eigenvalue weighted by molar-refractivity contribution is 6.30. The second-order valence-corrected chi connectivity index (χ2v) is 7.02. The fraction of sp³-hybridized carbons (Fsp3) is 0.250. The molecule has 4 rings (SSSR count). The summed E-state index contributed by atoms with van der Waals surface area (Å²) in [6, 6.07) is 12.8. The van der Waals surface area contributed by atoms with E-state index in [4.69, 9.17) is 16.0 Å². The van der Waals surface area contributed by atoms with Gasteiger partial charge in [0.25, 0.3) is 5.91 Å². The summed E-state index contributed by atoms with van der Waals surface area (Å²) in [6.45, 7) is 4.56. The number of aromatic nitrogens is 2. The fourth-order valence-electron chi connectivity index (χ4n) is 3.13. The molecular formula is C20H20ClN5O2. The zero-order valence-corrected chi connectivity index (χ0v) is 16.2. The molecule has 2 aromatic heterocycles. The number of aryl methyl sites for hydroxylation is 1. The van der Waals surface area contributed by atoms with Crippen molar-refractivity contribution in [1.29, 1.82) is 0 Å². The zero-order valence-electron chi connectivity index (χ0n) is 15.4. The summed E-state index contributed by atoms with van der Waals surface area (Å²) in [5, 5.41) is 3.89. The maximum atomic E-state index is 12.4. The van der Waals surface area contributed by atoms with Crippen LogP contribution in [0.25, 0.3) is 0 Å². The van der Waals surface area contributed by atoms with Crippen LogP contribution in [0.4, 0.5) is 17.5 Å². The van der Waals surface area contributed by atoms with Crippen LogP contribution in [0.1, 0.15) is 16.2 Å². The van der Waals surface area contributed by atoms with Gasteiger partial charge in [-0.25, -0.2) is 4.98 Å². The minimum absolute atomic E-state index is 0.0754. The van der Waals surface area contributed by atoms with Gasteiger partial charge in [0.15, 0.2) is 5.76 Å².